The van der Waals surface area contributed by atoms with Gasteiger partial charge in [0.05, 0.1) is 0 Å². The van der Waals surface area contributed by atoms with Gasteiger partial charge in [-0.15, -0.1) is 13.2 Å². The van der Waals surface area contributed by atoms with Crippen LogP contribution in [0.3, 0.4) is 0 Å². The van der Waals surface area contributed by atoms with Crippen LogP contribution >= 0.6 is 0 Å². The Hall–Kier alpha value is -1.65. The molecule has 0 heterocycles. The first-order chi connectivity index (χ1) is 9.87. The first-order valence-corrected chi connectivity index (χ1v) is 10.8. The van der Waals surface area contributed by atoms with Gasteiger partial charge in [0, 0.05) is 12.1 Å². The first-order valence-electron chi connectivity index (χ1n) is 6.69. The van der Waals surface area contributed by atoms with Crippen LogP contribution in [0, 0.1) is 0 Å². The average Bonchev–Trinajstić information content (AvgIpc) is 2.47. The second-order valence-corrected chi connectivity index (χ2v) is 9.41. The van der Waals surface area contributed by atoms with Gasteiger partial charge >= 0.3 is 12.0 Å². The van der Waals surface area contributed by atoms with Crippen LogP contribution in [0.4, 0.5) is 4.79 Å². The van der Waals surface area contributed by atoms with Crippen LogP contribution in [-0.2, 0) is 9.53 Å². The van der Waals surface area contributed by atoms with Crippen molar-refractivity contribution in [3.05, 3.63) is 36.7 Å². The van der Waals surface area contributed by atoms with Crippen LogP contribution in [-0.4, -0.2) is 54.8 Å². The van der Waals surface area contributed by atoms with Crippen molar-refractivity contribution in [2.75, 3.05) is 20.2 Å². The van der Waals surface area contributed by atoms with Crippen LogP contribution in [0.25, 0.3) is 0 Å². The highest BCUT2D eigenvalue weighted by atomic mass is 28.3. The normalized spacial score (nSPS) is 12.7. The third kappa shape index (κ3) is 7.07. The van der Waals surface area contributed by atoms with Gasteiger partial charge in [-0.25, -0.2) is 4.79 Å². The number of urea groups is 1. The molecule has 118 valence electrons. The molecule has 8 heteroatoms. The number of carbonyl (C=O) groups excluding carboxylic acids is 2. The number of carbonyl (C=O) groups is 2. The molecular weight excluding hydrogens is 302 g/mol. The molecule has 0 aromatic carbocycles. The molecule has 0 saturated carbocycles. The standard InChI is InChI=1S/C13H25N3O3Si2/c1-7-20(6)16(9-10-19-12(17)11(3)4)13(18)15-21(8-2)14-5/h7-8,14,20-21H,1-3,9-10H2,4-6H3,(H,15,18). The van der Waals surface area contributed by atoms with Crippen LogP contribution in [0.15, 0.2) is 36.7 Å². The first kappa shape index (κ1) is 19.4. The highest BCUT2D eigenvalue weighted by molar-refractivity contribution is 6.65. The fourth-order valence-corrected chi connectivity index (χ4v) is 3.73. The molecule has 0 rings (SSSR count). The van der Waals surface area contributed by atoms with Crippen molar-refractivity contribution in [2.45, 2.75) is 13.5 Å². The molecule has 2 atom stereocenters. The predicted octanol–water partition coefficient (Wildman–Crippen LogP) is 0.361. The van der Waals surface area contributed by atoms with Crippen LogP contribution in [0.5, 0.6) is 0 Å². The summed E-state index contributed by atoms with van der Waals surface area (Å²) in [5, 5.41) is 0. The predicted molar refractivity (Wildman–Crippen MR) is 90.6 cm³/mol. The van der Waals surface area contributed by atoms with Crippen molar-refractivity contribution in [1.82, 2.24) is 14.5 Å². The summed E-state index contributed by atoms with van der Waals surface area (Å²) in [6.45, 7) is 15.0. The van der Waals surface area contributed by atoms with Crippen molar-refractivity contribution in [2.24, 2.45) is 0 Å². The van der Waals surface area contributed by atoms with E-state index in [4.69, 9.17) is 4.74 Å². The Balaban J connectivity index is 4.61. The van der Waals surface area contributed by atoms with E-state index in [2.05, 4.69) is 29.7 Å². The minimum Gasteiger partial charge on any atom is -0.461 e. The minimum absolute atomic E-state index is 0.143. The topological polar surface area (TPSA) is 70.7 Å². The number of hydrogen-bond acceptors (Lipinski definition) is 4. The molecule has 0 bridgehead atoms. The van der Waals surface area contributed by atoms with E-state index in [1.54, 1.807) is 29.9 Å². The number of nitrogens with zero attached hydrogens (tertiary/aromatic N) is 1. The summed E-state index contributed by atoms with van der Waals surface area (Å²) in [6, 6.07) is -0.175. The van der Waals surface area contributed by atoms with Gasteiger partial charge in [-0.1, -0.05) is 24.5 Å². The van der Waals surface area contributed by atoms with E-state index in [0.717, 1.165) is 0 Å². The Morgan fingerprint density at radius 1 is 1.33 bits per heavy atom. The SMILES string of the molecule is C=C[SiH](NC)NC(=O)N(CCOC(=O)C(=C)C)[SiH](C)C=C. The van der Waals surface area contributed by atoms with E-state index < -0.39 is 24.0 Å². The molecule has 0 saturated heterocycles. The van der Waals surface area contributed by atoms with Gasteiger partial charge in [0.25, 0.3) is 0 Å². The Labute approximate surface area is 130 Å². The summed E-state index contributed by atoms with van der Waals surface area (Å²) in [7, 11) is -1.50. The summed E-state index contributed by atoms with van der Waals surface area (Å²) in [5.41, 5.74) is 3.87. The van der Waals surface area contributed by atoms with E-state index in [1.807, 2.05) is 6.55 Å². The third-order valence-electron chi connectivity index (χ3n) is 2.83. The average molecular weight is 328 g/mol. The molecular formula is C13H25N3O3Si2. The molecule has 0 aliphatic carbocycles. The fourth-order valence-electron chi connectivity index (χ4n) is 1.44. The lowest BCUT2D eigenvalue weighted by atomic mass is 10.4. The third-order valence-corrected chi connectivity index (χ3v) is 6.64. The molecule has 0 radical (unpaired) electrons. The van der Waals surface area contributed by atoms with Crippen molar-refractivity contribution in [1.29, 1.82) is 0 Å². The van der Waals surface area contributed by atoms with Crippen LogP contribution in [0.1, 0.15) is 6.92 Å². The molecule has 0 aromatic heterocycles. The highest BCUT2D eigenvalue weighted by Crippen LogP contribution is 1.99. The summed E-state index contributed by atoms with van der Waals surface area (Å²) in [5.74, 6) is -0.447. The van der Waals surface area contributed by atoms with Gasteiger partial charge in [-0.2, -0.15) is 0 Å². The van der Waals surface area contributed by atoms with Gasteiger partial charge in [0.1, 0.15) is 6.61 Å². The van der Waals surface area contributed by atoms with E-state index in [1.165, 1.54) is 0 Å². The Morgan fingerprint density at radius 3 is 2.38 bits per heavy atom. The smallest absolute Gasteiger partial charge is 0.333 e. The molecule has 0 aliphatic rings. The number of nitrogens with one attached hydrogen (secondary N) is 2. The fraction of sp³-hybridized carbons (Fsp3) is 0.385. The quantitative estimate of drug-likeness (QED) is 0.364. The Kier molecular flexibility index (Phi) is 9.34. The van der Waals surface area contributed by atoms with Crippen molar-refractivity contribution >= 4 is 30.1 Å². The zero-order valence-corrected chi connectivity index (χ0v) is 15.3. The Bertz CT molecular complexity index is 415. The second kappa shape index (κ2) is 10.1. The summed E-state index contributed by atoms with van der Waals surface area (Å²) in [6.07, 6.45) is 0. The van der Waals surface area contributed by atoms with Gasteiger partial charge in [0.2, 0.25) is 9.12 Å². The van der Waals surface area contributed by atoms with Crippen molar-refractivity contribution in [3.63, 3.8) is 0 Å². The van der Waals surface area contributed by atoms with E-state index in [-0.39, 0.29) is 12.6 Å². The maximum absolute atomic E-state index is 12.3. The maximum atomic E-state index is 12.3. The van der Waals surface area contributed by atoms with Crippen molar-refractivity contribution < 1.29 is 14.3 Å². The molecule has 2 amide bonds. The maximum Gasteiger partial charge on any atom is 0.333 e. The van der Waals surface area contributed by atoms with Gasteiger partial charge in [-0.3, -0.25) is 4.79 Å². The molecule has 0 fully saturated rings. The summed E-state index contributed by atoms with van der Waals surface area (Å²) >= 11 is 0. The summed E-state index contributed by atoms with van der Waals surface area (Å²) < 4.78 is 6.73. The number of ether oxygens (including phenoxy) is 1. The minimum atomic E-state index is -1.69. The lowest BCUT2D eigenvalue weighted by Crippen LogP contribution is -2.55. The molecule has 6 nitrogen and oxygen atoms in total. The zero-order chi connectivity index (χ0) is 16.4. The monoisotopic (exact) mass is 327 g/mol. The zero-order valence-electron chi connectivity index (χ0n) is 13.0. The lowest BCUT2D eigenvalue weighted by Gasteiger charge is -2.28. The number of esters is 1. The van der Waals surface area contributed by atoms with Gasteiger partial charge in [-0.05, 0) is 14.0 Å². The molecule has 2 N–H and O–H groups in total. The highest BCUT2D eigenvalue weighted by Gasteiger charge is 2.21. The van der Waals surface area contributed by atoms with E-state index in [0.29, 0.717) is 12.1 Å². The second-order valence-electron chi connectivity index (χ2n) is 4.54. The number of amides is 2. The van der Waals surface area contributed by atoms with Crippen molar-refractivity contribution in [3.8, 4) is 0 Å². The largest absolute Gasteiger partial charge is 0.461 e. The molecule has 21 heavy (non-hydrogen) atoms. The molecule has 0 spiro atoms. The van der Waals surface area contributed by atoms with Crippen LogP contribution in [0.2, 0.25) is 6.55 Å². The summed E-state index contributed by atoms with van der Waals surface area (Å²) in [4.78, 5) is 29.6. The molecule has 2 unspecified atom stereocenters. The van der Waals surface area contributed by atoms with Crippen LogP contribution < -0.4 is 9.96 Å². The van der Waals surface area contributed by atoms with Gasteiger partial charge < -0.3 is 19.3 Å². The molecule has 0 aromatic rings. The lowest BCUT2D eigenvalue weighted by molar-refractivity contribution is -0.139. The van der Waals surface area contributed by atoms with E-state index in [9.17, 15) is 9.59 Å². The number of hydrogen-bond donors (Lipinski definition) is 2. The number of rotatable bonds is 9. The van der Waals surface area contributed by atoms with Gasteiger partial charge in [0.15, 0.2) is 8.96 Å². The Morgan fingerprint density at radius 2 is 1.95 bits per heavy atom. The molecule has 0 aliphatic heterocycles. The van der Waals surface area contributed by atoms with E-state index >= 15 is 0 Å².